The molecular weight excluding hydrogens is 306 g/mol. The van der Waals surface area contributed by atoms with Crippen LogP contribution in [0.3, 0.4) is 0 Å². The Kier molecular flexibility index (Phi) is 4.71. The molecule has 1 amide bonds. The molecule has 128 valence electrons. The van der Waals surface area contributed by atoms with Gasteiger partial charge in [-0.05, 0) is 43.2 Å². The minimum atomic E-state index is -1.01. The van der Waals surface area contributed by atoms with E-state index in [9.17, 15) is 14.7 Å². The monoisotopic (exact) mass is 329 g/mol. The number of amides is 1. The molecule has 2 fully saturated rings. The van der Waals surface area contributed by atoms with Crippen LogP contribution in [-0.2, 0) is 14.3 Å². The van der Waals surface area contributed by atoms with E-state index in [1.165, 1.54) is 11.0 Å². The second-order valence-corrected chi connectivity index (χ2v) is 6.75. The van der Waals surface area contributed by atoms with Crippen molar-refractivity contribution in [2.24, 2.45) is 5.92 Å². The summed E-state index contributed by atoms with van der Waals surface area (Å²) in [4.78, 5) is 25.8. The van der Waals surface area contributed by atoms with E-state index >= 15 is 0 Å². The molecule has 0 radical (unpaired) electrons. The number of carbonyl (C=O) groups excluding carboxylic acids is 1. The molecule has 1 spiro atoms. The molecule has 1 saturated carbocycles. The summed E-state index contributed by atoms with van der Waals surface area (Å²) < 4.78 is 5.88. The molecule has 1 saturated heterocycles. The lowest BCUT2D eigenvalue weighted by molar-refractivity contribution is -0.160. The van der Waals surface area contributed by atoms with Crippen molar-refractivity contribution in [3.05, 3.63) is 42.0 Å². The Bertz CT molecular complexity index is 632. The van der Waals surface area contributed by atoms with Crippen LogP contribution >= 0.6 is 0 Å². The Labute approximate surface area is 141 Å². The number of rotatable bonds is 3. The quantitative estimate of drug-likeness (QED) is 0.866. The highest BCUT2D eigenvalue weighted by Gasteiger charge is 2.53. The summed E-state index contributed by atoms with van der Waals surface area (Å²) in [7, 11) is 0. The largest absolute Gasteiger partial charge is 0.480 e. The van der Waals surface area contributed by atoms with Crippen molar-refractivity contribution in [2.45, 2.75) is 44.4 Å². The van der Waals surface area contributed by atoms with Gasteiger partial charge in [-0.15, -0.1) is 0 Å². The molecule has 5 nitrogen and oxygen atoms in total. The van der Waals surface area contributed by atoms with E-state index in [2.05, 4.69) is 6.92 Å². The summed E-state index contributed by atoms with van der Waals surface area (Å²) in [5.74, 6) is -0.717. The third-order valence-electron chi connectivity index (χ3n) is 5.06. The summed E-state index contributed by atoms with van der Waals surface area (Å²) in [5, 5.41) is 9.49. The van der Waals surface area contributed by atoms with E-state index < -0.39 is 17.7 Å². The zero-order valence-corrected chi connectivity index (χ0v) is 13.9. The van der Waals surface area contributed by atoms with Crippen molar-refractivity contribution in [2.75, 3.05) is 6.61 Å². The molecular formula is C19H23NO4. The highest BCUT2D eigenvalue weighted by atomic mass is 16.5. The highest BCUT2D eigenvalue weighted by molar-refractivity contribution is 5.95. The van der Waals surface area contributed by atoms with Gasteiger partial charge < -0.3 is 9.84 Å². The van der Waals surface area contributed by atoms with E-state index in [4.69, 9.17) is 4.74 Å². The van der Waals surface area contributed by atoms with Crippen molar-refractivity contribution >= 4 is 18.0 Å². The normalized spacial score (nSPS) is 30.1. The van der Waals surface area contributed by atoms with Gasteiger partial charge in [-0.1, -0.05) is 37.3 Å². The minimum absolute atomic E-state index is 0.0641. The Morgan fingerprint density at radius 2 is 1.92 bits per heavy atom. The average molecular weight is 329 g/mol. The van der Waals surface area contributed by atoms with Crippen LogP contribution in [-0.4, -0.2) is 40.3 Å². The zero-order valence-electron chi connectivity index (χ0n) is 13.9. The molecule has 2 aliphatic rings. The van der Waals surface area contributed by atoms with E-state index in [1.54, 1.807) is 6.08 Å². The Morgan fingerprint density at radius 1 is 1.25 bits per heavy atom. The number of benzene rings is 1. The molecule has 5 heteroatoms. The second-order valence-electron chi connectivity index (χ2n) is 6.75. The van der Waals surface area contributed by atoms with Gasteiger partial charge in [0.25, 0.3) is 0 Å². The van der Waals surface area contributed by atoms with E-state index in [0.717, 1.165) is 18.4 Å². The predicted molar refractivity (Wildman–Crippen MR) is 90.1 cm³/mol. The lowest BCUT2D eigenvalue weighted by atomic mass is 9.83. The maximum atomic E-state index is 12.8. The van der Waals surface area contributed by atoms with Crippen molar-refractivity contribution in [3.63, 3.8) is 0 Å². The van der Waals surface area contributed by atoms with Gasteiger partial charge in [-0.3, -0.25) is 9.69 Å². The fraction of sp³-hybridized carbons (Fsp3) is 0.474. The third-order valence-corrected chi connectivity index (χ3v) is 5.06. The summed E-state index contributed by atoms with van der Waals surface area (Å²) in [6.07, 6.45) is 6.46. The molecule has 1 aliphatic carbocycles. The van der Waals surface area contributed by atoms with Crippen molar-refractivity contribution < 1.29 is 19.4 Å². The fourth-order valence-electron chi connectivity index (χ4n) is 3.61. The van der Waals surface area contributed by atoms with Crippen LogP contribution in [0.25, 0.3) is 6.08 Å². The number of carboxylic acid groups (broad SMARTS) is 1. The third kappa shape index (κ3) is 3.22. The molecule has 3 rings (SSSR count). The van der Waals surface area contributed by atoms with Crippen LogP contribution in [0.2, 0.25) is 0 Å². The Hall–Kier alpha value is -2.14. The van der Waals surface area contributed by atoms with Gasteiger partial charge >= 0.3 is 5.97 Å². The molecule has 0 aromatic heterocycles. The number of carboxylic acids is 1. The molecule has 1 unspecified atom stereocenters. The maximum absolute atomic E-state index is 12.8. The highest BCUT2D eigenvalue weighted by Crippen LogP contribution is 2.42. The first kappa shape index (κ1) is 16.7. The number of hydrogen-bond donors (Lipinski definition) is 1. The molecule has 0 bridgehead atoms. The molecule has 1 aromatic rings. The van der Waals surface area contributed by atoms with Crippen molar-refractivity contribution in [1.82, 2.24) is 4.90 Å². The number of carbonyl (C=O) groups is 2. The topological polar surface area (TPSA) is 66.8 Å². The lowest BCUT2D eigenvalue weighted by Crippen LogP contribution is -2.54. The number of ether oxygens (including phenoxy) is 1. The smallest absolute Gasteiger partial charge is 0.328 e. The molecule has 24 heavy (non-hydrogen) atoms. The summed E-state index contributed by atoms with van der Waals surface area (Å²) in [6.45, 7) is 2.24. The Balaban J connectivity index is 1.83. The molecule has 1 aliphatic heterocycles. The predicted octanol–water partition coefficient (Wildman–Crippen LogP) is 2.92. The van der Waals surface area contributed by atoms with E-state index in [1.807, 2.05) is 30.3 Å². The summed E-state index contributed by atoms with van der Waals surface area (Å²) >= 11 is 0. The average Bonchev–Trinajstić information content (AvgIpc) is 2.96. The molecule has 1 heterocycles. The summed E-state index contributed by atoms with van der Waals surface area (Å²) in [5.41, 5.74) is 0.150. The van der Waals surface area contributed by atoms with Gasteiger partial charge in [0.2, 0.25) is 5.91 Å². The standard InChI is InChI=1S/C19H23NO4/c1-14-9-11-19(12-10-14)20(16(13-24-19)18(22)23)17(21)8-7-15-5-3-2-4-6-15/h2-8,14,16H,9-13H2,1H3,(H,22,23). The molecule has 1 atom stereocenters. The van der Waals surface area contributed by atoms with Gasteiger partial charge in [-0.25, -0.2) is 4.79 Å². The van der Waals surface area contributed by atoms with Gasteiger partial charge in [0, 0.05) is 6.08 Å². The fourth-order valence-corrected chi connectivity index (χ4v) is 3.61. The van der Waals surface area contributed by atoms with Crippen LogP contribution in [0.1, 0.15) is 38.2 Å². The van der Waals surface area contributed by atoms with E-state index in [-0.39, 0.29) is 12.5 Å². The first-order chi connectivity index (χ1) is 11.5. The lowest BCUT2D eigenvalue weighted by Gasteiger charge is -2.42. The van der Waals surface area contributed by atoms with E-state index in [0.29, 0.717) is 18.8 Å². The Morgan fingerprint density at radius 3 is 2.54 bits per heavy atom. The van der Waals surface area contributed by atoms with Gasteiger partial charge in [0.1, 0.15) is 5.72 Å². The van der Waals surface area contributed by atoms with Crippen molar-refractivity contribution in [3.8, 4) is 0 Å². The van der Waals surface area contributed by atoms with Crippen LogP contribution in [0.15, 0.2) is 36.4 Å². The van der Waals surface area contributed by atoms with Crippen LogP contribution in [0, 0.1) is 5.92 Å². The van der Waals surface area contributed by atoms with Gasteiger partial charge in [-0.2, -0.15) is 0 Å². The maximum Gasteiger partial charge on any atom is 0.328 e. The molecule has 1 aromatic carbocycles. The first-order valence-corrected chi connectivity index (χ1v) is 8.45. The summed E-state index contributed by atoms with van der Waals surface area (Å²) in [6, 6.07) is 8.59. The van der Waals surface area contributed by atoms with Crippen molar-refractivity contribution in [1.29, 1.82) is 0 Å². The van der Waals surface area contributed by atoms with Crippen LogP contribution < -0.4 is 0 Å². The van der Waals surface area contributed by atoms with Crippen LogP contribution in [0.5, 0.6) is 0 Å². The second kappa shape index (κ2) is 6.77. The van der Waals surface area contributed by atoms with Gasteiger partial charge in [0.15, 0.2) is 6.04 Å². The number of nitrogens with zero attached hydrogens (tertiary/aromatic N) is 1. The minimum Gasteiger partial charge on any atom is -0.480 e. The molecule has 1 N–H and O–H groups in total. The zero-order chi connectivity index (χ0) is 17.2. The first-order valence-electron chi connectivity index (χ1n) is 8.45. The SMILES string of the molecule is CC1CCC2(CC1)OCC(C(=O)O)N2C(=O)C=Cc1ccccc1. The number of hydrogen-bond acceptors (Lipinski definition) is 3. The van der Waals surface area contributed by atoms with Crippen LogP contribution in [0.4, 0.5) is 0 Å². The van der Waals surface area contributed by atoms with Gasteiger partial charge in [0.05, 0.1) is 6.61 Å². The number of aliphatic carboxylic acids is 1.